The lowest BCUT2D eigenvalue weighted by atomic mass is 9.57. The fraction of sp³-hybridized carbons (Fsp3) is 0.478. The fourth-order valence-electron chi connectivity index (χ4n) is 5.14. The molecule has 2 bridgehead atoms. The minimum Gasteiger partial charge on any atom is -0.335 e. The van der Waals surface area contributed by atoms with Gasteiger partial charge in [0.25, 0.3) is 5.91 Å². The minimum atomic E-state index is 0.0294. The molecule has 3 nitrogen and oxygen atoms in total. The number of rotatable bonds is 2. The predicted octanol–water partition coefficient (Wildman–Crippen LogP) is 4.80. The molecule has 1 amide bonds. The maximum atomic E-state index is 13.2. The second-order valence-corrected chi connectivity index (χ2v) is 8.48. The van der Waals surface area contributed by atoms with E-state index in [1.807, 2.05) is 0 Å². The van der Waals surface area contributed by atoms with Crippen molar-refractivity contribution in [1.82, 2.24) is 4.90 Å². The van der Waals surface area contributed by atoms with E-state index in [9.17, 15) is 9.59 Å². The summed E-state index contributed by atoms with van der Waals surface area (Å²) in [5, 5.41) is 0. The number of hydrogen-bond donors (Lipinski definition) is 0. The van der Waals surface area contributed by atoms with E-state index < -0.39 is 0 Å². The van der Waals surface area contributed by atoms with Gasteiger partial charge in [-0.05, 0) is 67.2 Å². The van der Waals surface area contributed by atoms with E-state index in [4.69, 9.17) is 0 Å². The van der Waals surface area contributed by atoms with Crippen molar-refractivity contribution in [3.63, 3.8) is 0 Å². The van der Waals surface area contributed by atoms with Crippen LogP contribution in [0, 0.1) is 11.3 Å². The van der Waals surface area contributed by atoms with Gasteiger partial charge in [-0.15, -0.1) is 0 Å². The van der Waals surface area contributed by atoms with Crippen molar-refractivity contribution < 1.29 is 9.59 Å². The van der Waals surface area contributed by atoms with Gasteiger partial charge in [0, 0.05) is 23.7 Å². The van der Waals surface area contributed by atoms with Crippen LogP contribution in [0.1, 0.15) is 67.2 Å². The van der Waals surface area contributed by atoms with Crippen molar-refractivity contribution in [2.75, 3.05) is 6.54 Å². The highest BCUT2D eigenvalue weighted by Gasteiger charge is 2.51. The van der Waals surface area contributed by atoms with E-state index in [1.165, 1.54) is 5.57 Å². The maximum Gasteiger partial charge on any atom is 0.254 e. The first kappa shape index (κ1) is 17.3. The summed E-state index contributed by atoms with van der Waals surface area (Å²) < 4.78 is 0. The monoisotopic (exact) mass is 349 g/mol. The first-order valence-electron chi connectivity index (χ1n) is 9.71. The Labute approximate surface area is 155 Å². The van der Waals surface area contributed by atoms with Crippen molar-refractivity contribution in [3.8, 4) is 0 Å². The quantitative estimate of drug-likeness (QED) is 0.720. The Kier molecular flexibility index (Phi) is 4.13. The van der Waals surface area contributed by atoms with E-state index in [2.05, 4.69) is 30.9 Å². The molecule has 3 heteroatoms. The van der Waals surface area contributed by atoms with Crippen LogP contribution in [0.5, 0.6) is 0 Å². The summed E-state index contributed by atoms with van der Waals surface area (Å²) in [6.45, 7) is 7.02. The molecule has 1 aromatic rings. The second kappa shape index (κ2) is 6.22. The van der Waals surface area contributed by atoms with Gasteiger partial charge < -0.3 is 4.90 Å². The molecule has 1 saturated heterocycles. The molecule has 1 aliphatic heterocycles. The first-order chi connectivity index (χ1) is 12.4. The number of piperidine rings is 1. The van der Waals surface area contributed by atoms with Gasteiger partial charge in [0.1, 0.15) is 0 Å². The summed E-state index contributed by atoms with van der Waals surface area (Å²) in [5.41, 5.74) is 4.45. The van der Waals surface area contributed by atoms with Crippen LogP contribution in [0.25, 0.3) is 0 Å². The summed E-state index contributed by atoms with van der Waals surface area (Å²) in [5.74, 6) is 0.680. The van der Waals surface area contributed by atoms with Crippen LogP contribution in [-0.2, 0) is 0 Å². The Hall–Kier alpha value is -2.16. The van der Waals surface area contributed by atoms with Gasteiger partial charge in [-0.3, -0.25) is 9.59 Å². The Morgan fingerprint density at radius 3 is 2.38 bits per heavy atom. The van der Waals surface area contributed by atoms with Crippen LogP contribution in [-0.4, -0.2) is 29.2 Å². The zero-order valence-electron chi connectivity index (χ0n) is 15.9. The van der Waals surface area contributed by atoms with Crippen LogP contribution in [0.2, 0.25) is 0 Å². The van der Waals surface area contributed by atoms with Crippen molar-refractivity contribution in [1.29, 1.82) is 0 Å². The highest BCUT2D eigenvalue weighted by atomic mass is 16.2. The van der Waals surface area contributed by atoms with Gasteiger partial charge >= 0.3 is 0 Å². The number of likely N-dealkylation sites (tertiary alicyclic amines) is 1. The molecule has 2 aliphatic carbocycles. The fourth-order valence-corrected chi connectivity index (χ4v) is 5.14. The van der Waals surface area contributed by atoms with Crippen LogP contribution < -0.4 is 0 Å². The highest BCUT2D eigenvalue weighted by Crippen LogP contribution is 2.53. The lowest BCUT2D eigenvalue weighted by Crippen LogP contribution is -2.59. The molecule has 2 fully saturated rings. The molecule has 1 saturated carbocycles. The van der Waals surface area contributed by atoms with Crippen molar-refractivity contribution in [3.05, 3.63) is 58.7 Å². The zero-order valence-corrected chi connectivity index (χ0v) is 15.9. The molecule has 136 valence electrons. The molecule has 26 heavy (non-hydrogen) atoms. The van der Waals surface area contributed by atoms with Crippen LogP contribution in [0.15, 0.2) is 47.6 Å². The molecule has 0 N–H and O–H groups in total. The van der Waals surface area contributed by atoms with Gasteiger partial charge in [0.2, 0.25) is 0 Å². The average Bonchev–Trinajstić information content (AvgIpc) is 2.61. The number of hydrogen-bond acceptors (Lipinski definition) is 2. The largest absolute Gasteiger partial charge is 0.335 e. The highest BCUT2D eigenvalue weighted by molar-refractivity contribution is 5.98. The Morgan fingerprint density at radius 2 is 1.69 bits per heavy atom. The van der Waals surface area contributed by atoms with Gasteiger partial charge in [-0.2, -0.15) is 0 Å². The number of Topliss-reactive ketones (excluding diaryl/α,β-unsaturated/α-hetero) is 1. The zero-order chi connectivity index (χ0) is 18.5. The maximum absolute atomic E-state index is 13.2. The molecular formula is C23H27NO2. The molecule has 0 radical (unpaired) electrons. The van der Waals surface area contributed by atoms with Crippen molar-refractivity contribution in [2.24, 2.45) is 11.3 Å². The number of nitrogens with zero attached hydrogens (tertiary/aromatic N) is 1. The Morgan fingerprint density at radius 1 is 1.04 bits per heavy atom. The smallest absolute Gasteiger partial charge is 0.254 e. The number of ketones is 1. The molecule has 3 aliphatic rings. The number of benzene rings is 1. The van der Waals surface area contributed by atoms with Crippen molar-refractivity contribution >= 4 is 11.7 Å². The molecule has 4 rings (SSSR count). The molecule has 0 unspecified atom stereocenters. The lowest BCUT2D eigenvalue weighted by Gasteiger charge is -2.56. The number of allylic oxidation sites excluding steroid dienone is 3. The standard InChI is InChI=1S/C23H27NO2/c1-15(25)16-8-10-17(11-9-16)22(26)24-13-12-20-19-7-5-4-6-18(19)14-21(24)23(20,2)3/h6-11,20-21H,4-5,12-14H2,1-3H3/t20-,21+/m0/s1. The second-order valence-electron chi connectivity index (χ2n) is 8.48. The third-order valence-electron chi connectivity index (χ3n) is 6.67. The summed E-state index contributed by atoms with van der Waals surface area (Å²) >= 11 is 0. The van der Waals surface area contributed by atoms with E-state index >= 15 is 0 Å². The van der Waals surface area contributed by atoms with Gasteiger partial charge in [-0.1, -0.05) is 38.1 Å². The summed E-state index contributed by atoms with van der Waals surface area (Å²) in [7, 11) is 0. The van der Waals surface area contributed by atoms with Crippen LogP contribution in [0.4, 0.5) is 0 Å². The van der Waals surface area contributed by atoms with E-state index in [0.717, 1.165) is 32.2 Å². The van der Waals surface area contributed by atoms with Gasteiger partial charge in [-0.25, -0.2) is 0 Å². The van der Waals surface area contributed by atoms with Crippen LogP contribution in [0.3, 0.4) is 0 Å². The molecule has 0 spiro atoms. The number of fused-ring (bicyclic) bond motifs is 4. The Balaban J connectivity index is 1.64. The first-order valence-corrected chi connectivity index (χ1v) is 9.71. The summed E-state index contributed by atoms with van der Waals surface area (Å²) in [4.78, 5) is 26.8. The van der Waals surface area contributed by atoms with E-state index in [1.54, 1.807) is 36.8 Å². The average molecular weight is 349 g/mol. The molecule has 1 aromatic carbocycles. The van der Waals surface area contributed by atoms with Gasteiger partial charge in [0.15, 0.2) is 5.78 Å². The molecule has 0 aromatic heterocycles. The number of amides is 1. The van der Waals surface area contributed by atoms with Crippen LogP contribution >= 0.6 is 0 Å². The normalized spacial score (nSPS) is 26.5. The number of carbonyl (C=O) groups excluding carboxylic acids is 2. The van der Waals surface area contributed by atoms with Crippen molar-refractivity contribution in [2.45, 2.75) is 52.5 Å². The molecule has 1 heterocycles. The molecular weight excluding hydrogens is 322 g/mol. The predicted molar refractivity (Wildman–Crippen MR) is 103 cm³/mol. The number of carbonyl (C=O) groups is 2. The topological polar surface area (TPSA) is 37.4 Å². The Bertz CT molecular complexity index is 813. The summed E-state index contributed by atoms with van der Waals surface area (Å²) in [6, 6.07) is 7.36. The summed E-state index contributed by atoms with van der Waals surface area (Å²) in [6.07, 6.45) is 9.10. The molecule has 2 atom stereocenters. The SMILES string of the molecule is CC(=O)c1ccc(C(=O)N2CC[C@H]3C4=CCCC=C4C[C@@H]2C3(C)C)cc1. The minimum absolute atomic E-state index is 0.0294. The lowest BCUT2D eigenvalue weighted by molar-refractivity contribution is -0.00242. The van der Waals surface area contributed by atoms with E-state index in [-0.39, 0.29) is 23.1 Å². The van der Waals surface area contributed by atoms with Gasteiger partial charge in [0.05, 0.1) is 0 Å². The third kappa shape index (κ3) is 2.65. The van der Waals surface area contributed by atoms with E-state index in [0.29, 0.717) is 17.0 Å². The third-order valence-corrected chi connectivity index (χ3v) is 6.67.